The summed E-state index contributed by atoms with van der Waals surface area (Å²) in [6.07, 6.45) is 2.49. The summed E-state index contributed by atoms with van der Waals surface area (Å²) in [6, 6.07) is 4.24. The van der Waals surface area contributed by atoms with Crippen LogP contribution in [0.25, 0.3) is 0 Å². The Kier molecular flexibility index (Phi) is 4.55. The molecule has 1 aromatic rings. The van der Waals surface area contributed by atoms with Gasteiger partial charge in [0.1, 0.15) is 12.4 Å². The normalized spacial score (nSPS) is 14.6. The topological polar surface area (TPSA) is 21.3 Å². The van der Waals surface area contributed by atoms with E-state index in [-0.39, 0.29) is 0 Å². The van der Waals surface area contributed by atoms with Crippen molar-refractivity contribution in [3.05, 3.63) is 39.9 Å². The van der Waals surface area contributed by atoms with Crippen molar-refractivity contribution in [2.75, 3.05) is 6.61 Å². The minimum Gasteiger partial charge on any atom is -0.487 e. The van der Waals surface area contributed by atoms with Crippen LogP contribution >= 0.6 is 23.2 Å². The van der Waals surface area contributed by atoms with Gasteiger partial charge in [0.15, 0.2) is 0 Å². The van der Waals surface area contributed by atoms with Crippen LogP contribution in [-0.2, 0) is 6.54 Å². The highest BCUT2D eigenvalue weighted by molar-refractivity contribution is 6.35. The molecule has 0 heterocycles. The van der Waals surface area contributed by atoms with Crippen LogP contribution in [-0.4, -0.2) is 12.6 Å². The predicted octanol–water partition coefficient (Wildman–Crippen LogP) is 4.20. The van der Waals surface area contributed by atoms with Gasteiger partial charge < -0.3 is 10.1 Å². The Morgan fingerprint density at radius 2 is 2.17 bits per heavy atom. The highest BCUT2D eigenvalue weighted by atomic mass is 35.5. The quantitative estimate of drug-likeness (QED) is 0.791. The average molecular weight is 286 g/mol. The fourth-order valence-corrected chi connectivity index (χ4v) is 2.23. The molecule has 2 rings (SSSR count). The first-order chi connectivity index (χ1) is 8.56. The second kappa shape index (κ2) is 5.96. The lowest BCUT2D eigenvalue weighted by Crippen LogP contribution is -2.16. The minimum absolute atomic E-state index is 0.470. The minimum atomic E-state index is 0.470. The van der Waals surface area contributed by atoms with Gasteiger partial charge in [-0.2, -0.15) is 0 Å². The third kappa shape index (κ3) is 3.91. The largest absolute Gasteiger partial charge is 0.487 e. The molecule has 4 heteroatoms. The number of rotatable bonds is 6. The maximum atomic E-state index is 6.18. The molecule has 0 amide bonds. The third-order valence-corrected chi connectivity index (χ3v) is 3.21. The van der Waals surface area contributed by atoms with E-state index in [0.717, 1.165) is 17.7 Å². The van der Waals surface area contributed by atoms with Gasteiger partial charge in [0, 0.05) is 23.2 Å². The molecule has 1 N–H and O–H groups in total. The predicted molar refractivity (Wildman–Crippen MR) is 76.6 cm³/mol. The summed E-state index contributed by atoms with van der Waals surface area (Å²) in [5.41, 5.74) is 1.96. The summed E-state index contributed by atoms with van der Waals surface area (Å²) in [4.78, 5) is 0. The lowest BCUT2D eigenvalue weighted by Gasteiger charge is -2.14. The Morgan fingerprint density at radius 1 is 1.44 bits per heavy atom. The van der Waals surface area contributed by atoms with Crippen LogP contribution in [0.1, 0.15) is 25.3 Å². The van der Waals surface area contributed by atoms with Crippen molar-refractivity contribution >= 4 is 23.2 Å². The van der Waals surface area contributed by atoms with Gasteiger partial charge in [0.05, 0.1) is 5.02 Å². The molecule has 0 unspecified atom stereocenters. The van der Waals surface area contributed by atoms with Crippen molar-refractivity contribution in [2.45, 2.75) is 32.4 Å². The Hall–Kier alpha value is -0.700. The fraction of sp³-hybridized carbons (Fsp3) is 0.429. The van der Waals surface area contributed by atoms with E-state index in [9.17, 15) is 0 Å². The van der Waals surface area contributed by atoms with Crippen LogP contribution in [0.2, 0.25) is 10.0 Å². The molecule has 0 radical (unpaired) electrons. The molecule has 0 spiro atoms. The summed E-state index contributed by atoms with van der Waals surface area (Å²) in [7, 11) is 0. The van der Waals surface area contributed by atoms with Crippen LogP contribution in [0.15, 0.2) is 24.3 Å². The summed E-state index contributed by atoms with van der Waals surface area (Å²) >= 11 is 12.2. The van der Waals surface area contributed by atoms with E-state index >= 15 is 0 Å². The van der Waals surface area contributed by atoms with E-state index < -0.39 is 0 Å². The molecule has 0 atom stereocenters. The molecule has 2 nitrogen and oxygen atoms in total. The van der Waals surface area contributed by atoms with E-state index in [2.05, 4.69) is 11.9 Å². The Bertz CT molecular complexity index is 455. The van der Waals surface area contributed by atoms with Crippen molar-refractivity contribution in [2.24, 2.45) is 0 Å². The molecule has 1 saturated carbocycles. The Balaban J connectivity index is 2.13. The van der Waals surface area contributed by atoms with Gasteiger partial charge in [-0.15, -0.1) is 0 Å². The van der Waals surface area contributed by atoms with Crippen molar-refractivity contribution in [1.29, 1.82) is 0 Å². The van der Waals surface area contributed by atoms with Gasteiger partial charge in [0.25, 0.3) is 0 Å². The SMILES string of the molecule is C=C(C)COc1c(Cl)cc(Cl)cc1CNC1CC1. The highest BCUT2D eigenvalue weighted by Gasteiger charge is 2.21. The molecule has 98 valence electrons. The molecule has 0 aliphatic heterocycles. The summed E-state index contributed by atoms with van der Waals surface area (Å²) in [5, 5.41) is 4.62. The van der Waals surface area contributed by atoms with Crippen molar-refractivity contribution in [3.63, 3.8) is 0 Å². The first-order valence-electron chi connectivity index (χ1n) is 6.04. The van der Waals surface area contributed by atoms with E-state index in [1.165, 1.54) is 12.8 Å². The molecule has 1 aromatic carbocycles. The van der Waals surface area contributed by atoms with Gasteiger partial charge in [-0.05, 0) is 37.5 Å². The van der Waals surface area contributed by atoms with Crippen LogP contribution in [0, 0.1) is 0 Å². The van der Waals surface area contributed by atoms with Crippen LogP contribution in [0.5, 0.6) is 5.75 Å². The van der Waals surface area contributed by atoms with Gasteiger partial charge >= 0.3 is 0 Å². The molecule has 18 heavy (non-hydrogen) atoms. The summed E-state index contributed by atoms with van der Waals surface area (Å²) in [5.74, 6) is 0.706. The molecule has 1 aliphatic rings. The Labute approximate surface area is 118 Å². The standard InChI is InChI=1S/C14H17Cl2NO/c1-9(2)8-18-14-10(7-17-12-3-4-12)5-11(15)6-13(14)16/h5-6,12,17H,1,3-4,7-8H2,2H3. The van der Waals surface area contributed by atoms with Crippen molar-refractivity contribution in [3.8, 4) is 5.75 Å². The second-order valence-electron chi connectivity index (χ2n) is 4.78. The molecule has 0 saturated heterocycles. The molecular weight excluding hydrogens is 269 g/mol. The number of halogens is 2. The maximum absolute atomic E-state index is 6.18. The summed E-state index contributed by atoms with van der Waals surface area (Å²) < 4.78 is 5.71. The lowest BCUT2D eigenvalue weighted by molar-refractivity contribution is 0.348. The number of ether oxygens (including phenoxy) is 1. The molecule has 0 aromatic heterocycles. The molecule has 1 aliphatic carbocycles. The van der Waals surface area contributed by atoms with Gasteiger partial charge in [-0.25, -0.2) is 0 Å². The van der Waals surface area contributed by atoms with Crippen molar-refractivity contribution < 1.29 is 4.74 Å². The van der Waals surface area contributed by atoms with E-state index in [0.29, 0.717) is 28.4 Å². The zero-order valence-corrected chi connectivity index (χ0v) is 11.9. The number of hydrogen-bond acceptors (Lipinski definition) is 2. The molecule has 1 fully saturated rings. The monoisotopic (exact) mass is 285 g/mol. The summed E-state index contributed by atoms with van der Waals surface area (Å²) in [6.45, 7) is 6.95. The molecular formula is C14H17Cl2NO. The molecule has 0 bridgehead atoms. The fourth-order valence-electron chi connectivity index (χ4n) is 1.64. The number of nitrogens with one attached hydrogen (secondary N) is 1. The van der Waals surface area contributed by atoms with Gasteiger partial charge in [-0.3, -0.25) is 0 Å². The highest BCUT2D eigenvalue weighted by Crippen LogP contribution is 2.33. The third-order valence-electron chi connectivity index (χ3n) is 2.71. The number of benzene rings is 1. The van der Waals surface area contributed by atoms with Crippen LogP contribution in [0.3, 0.4) is 0 Å². The van der Waals surface area contributed by atoms with Gasteiger partial charge in [-0.1, -0.05) is 29.8 Å². The lowest BCUT2D eigenvalue weighted by atomic mass is 10.2. The average Bonchev–Trinajstić information content (AvgIpc) is 3.08. The van der Waals surface area contributed by atoms with Crippen molar-refractivity contribution in [1.82, 2.24) is 5.32 Å². The number of hydrogen-bond donors (Lipinski definition) is 1. The second-order valence-corrected chi connectivity index (χ2v) is 5.62. The Morgan fingerprint density at radius 3 is 2.78 bits per heavy atom. The smallest absolute Gasteiger partial charge is 0.142 e. The zero-order valence-electron chi connectivity index (χ0n) is 10.4. The first-order valence-corrected chi connectivity index (χ1v) is 6.80. The van der Waals surface area contributed by atoms with E-state index in [1.807, 2.05) is 13.0 Å². The van der Waals surface area contributed by atoms with Gasteiger partial charge in [0.2, 0.25) is 0 Å². The van der Waals surface area contributed by atoms with Crippen LogP contribution < -0.4 is 10.1 Å². The van der Waals surface area contributed by atoms with Crippen LogP contribution in [0.4, 0.5) is 0 Å². The maximum Gasteiger partial charge on any atom is 0.142 e. The van der Waals surface area contributed by atoms with E-state index in [1.54, 1.807) is 6.07 Å². The first kappa shape index (κ1) is 13.7. The zero-order chi connectivity index (χ0) is 13.1. The van der Waals surface area contributed by atoms with E-state index in [4.69, 9.17) is 27.9 Å².